The van der Waals surface area contributed by atoms with Crippen molar-refractivity contribution in [2.45, 2.75) is 29.7 Å². The molecule has 4 aromatic rings. The van der Waals surface area contributed by atoms with Gasteiger partial charge in [-0.3, -0.25) is 4.79 Å². The summed E-state index contributed by atoms with van der Waals surface area (Å²) in [5.74, 6) is -0.375. The first-order valence-electron chi connectivity index (χ1n) is 9.31. The summed E-state index contributed by atoms with van der Waals surface area (Å²) in [5, 5.41) is 11.4. The second kappa shape index (κ2) is 8.05. The van der Waals surface area contributed by atoms with Crippen molar-refractivity contribution in [2.75, 3.05) is 0 Å². The van der Waals surface area contributed by atoms with Crippen LogP contribution in [0.15, 0.2) is 84.5 Å². The van der Waals surface area contributed by atoms with Crippen LogP contribution >= 0.6 is 23.4 Å². The standard InChI is InChI=1S/C23H18ClNO4S/c1-13(2)25-17(14-6-4-3-5-7-14)12-18-19(22(25)27)20(26)21(23(28)29-18)30-16-10-8-15(24)9-11-16/h3-13,26H,1-2H3. The summed E-state index contributed by atoms with van der Waals surface area (Å²) in [4.78, 5) is 26.6. The van der Waals surface area contributed by atoms with E-state index in [0.717, 1.165) is 17.3 Å². The first-order chi connectivity index (χ1) is 14.4. The second-order valence-electron chi connectivity index (χ2n) is 7.03. The lowest BCUT2D eigenvalue weighted by Gasteiger charge is -2.18. The van der Waals surface area contributed by atoms with Gasteiger partial charge in [-0.15, -0.1) is 0 Å². The van der Waals surface area contributed by atoms with Gasteiger partial charge >= 0.3 is 5.63 Å². The van der Waals surface area contributed by atoms with Crippen LogP contribution in [-0.4, -0.2) is 9.67 Å². The third-order valence-electron chi connectivity index (χ3n) is 4.67. The van der Waals surface area contributed by atoms with Crippen molar-refractivity contribution in [1.29, 1.82) is 0 Å². The average molecular weight is 440 g/mol. The highest BCUT2D eigenvalue weighted by Gasteiger charge is 2.22. The van der Waals surface area contributed by atoms with Gasteiger partial charge in [0.1, 0.15) is 15.9 Å². The summed E-state index contributed by atoms with van der Waals surface area (Å²) < 4.78 is 7.06. The zero-order valence-electron chi connectivity index (χ0n) is 16.3. The number of hydrogen-bond acceptors (Lipinski definition) is 5. The lowest BCUT2D eigenvalue weighted by atomic mass is 10.1. The Bertz CT molecular complexity index is 1340. The van der Waals surface area contributed by atoms with Crippen LogP contribution in [0, 0.1) is 0 Å². The Morgan fingerprint density at radius 3 is 2.33 bits per heavy atom. The highest BCUT2D eigenvalue weighted by Crippen LogP contribution is 2.36. The summed E-state index contributed by atoms with van der Waals surface area (Å²) in [5.41, 5.74) is 0.357. The van der Waals surface area contributed by atoms with Gasteiger partial charge in [-0.05, 0) is 43.7 Å². The zero-order chi connectivity index (χ0) is 21.4. The molecule has 5 nitrogen and oxygen atoms in total. The van der Waals surface area contributed by atoms with E-state index in [0.29, 0.717) is 15.6 Å². The summed E-state index contributed by atoms with van der Waals surface area (Å²) in [6.07, 6.45) is 0. The van der Waals surface area contributed by atoms with Gasteiger partial charge in [-0.1, -0.05) is 53.7 Å². The molecule has 0 saturated carbocycles. The van der Waals surface area contributed by atoms with Crippen molar-refractivity contribution in [3.8, 4) is 17.0 Å². The maximum Gasteiger partial charge on any atom is 0.354 e. The summed E-state index contributed by atoms with van der Waals surface area (Å²) in [6.45, 7) is 3.78. The van der Waals surface area contributed by atoms with Gasteiger partial charge < -0.3 is 14.1 Å². The second-order valence-corrected chi connectivity index (χ2v) is 8.55. The minimum absolute atomic E-state index is 0.0144. The number of nitrogens with zero attached hydrogens (tertiary/aromatic N) is 1. The molecule has 2 aromatic carbocycles. The molecular weight excluding hydrogens is 422 g/mol. The van der Waals surface area contributed by atoms with E-state index in [1.807, 2.05) is 44.2 Å². The number of aromatic nitrogens is 1. The fourth-order valence-corrected chi connectivity index (χ4v) is 4.27. The molecule has 152 valence electrons. The van der Waals surface area contributed by atoms with E-state index in [1.165, 1.54) is 0 Å². The van der Waals surface area contributed by atoms with E-state index in [4.69, 9.17) is 16.0 Å². The Morgan fingerprint density at radius 2 is 1.70 bits per heavy atom. The maximum absolute atomic E-state index is 13.4. The van der Waals surface area contributed by atoms with E-state index < -0.39 is 11.2 Å². The van der Waals surface area contributed by atoms with Crippen molar-refractivity contribution in [2.24, 2.45) is 0 Å². The molecule has 0 aliphatic heterocycles. The van der Waals surface area contributed by atoms with E-state index in [9.17, 15) is 14.7 Å². The highest BCUT2D eigenvalue weighted by atomic mass is 35.5. The molecule has 0 atom stereocenters. The maximum atomic E-state index is 13.4. The largest absolute Gasteiger partial charge is 0.505 e. The van der Waals surface area contributed by atoms with Crippen molar-refractivity contribution in [1.82, 2.24) is 4.57 Å². The first kappa shape index (κ1) is 20.3. The molecule has 0 unspecified atom stereocenters. The monoisotopic (exact) mass is 439 g/mol. The summed E-state index contributed by atoms with van der Waals surface area (Å²) in [6, 6.07) is 17.6. The van der Waals surface area contributed by atoms with Gasteiger partial charge in [0, 0.05) is 22.0 Å². The molecule has 0 fully saturated rings. The van der Waals surface area contributed by atoms with E-state index in [1.54, 1.807) is 34.9 Å². The van der Waals surface area contributed by atoms with Crippen LogP contribution < -0.4 is 11.2 Å². The fraction of sp³-hybridized carbons (Fsp3) is 0.130. The van der Waals surface area contributed by atoms with E-state index in [-0.39, 0.29) is 27.7 Å². The predicted octanol–water partition coefficient (Wildman–Crippen LogP) is 5.71. The molecule has 0 aliphatic rings. The zero-order valence-corrected chi connectivity index (χ0v) is 17.8. The smallest absolute Gasteiger partial charge is 0.354 e. The van der Waals surface area contributed by atoms with Crippen LogP contribution in [0.25, 0.3) is 22.2 Å². The van der Waals surface area contributed by atoms with Crippen LogP contribution in [0.4, 0.5) is 0 Å². The predicted molar refractivity (Wildman–Crippen MR) is 120 cm³/mol. The minimum atomic E-state index is -0.708. The Kier molecular flexibility index (Phi) is 5.45. The Balaban J connectivity index is 1.97. The molecule has 4 rings (SSSR count). The molecule has 0 aliphatic carbocycles. The average Bonchev–Trinajstić information content (AvgIpc) is 2.72. The molecule has 2 heterocycles. The number of aromatic hydroxyl groups is 1. The SMILES string of the molecule is CC(C)n1c(-c2ccccc2)cc2oc(=O)c(Sc3ccc(Cl)cc3)c(O)c2c1=O. The quantitative estimate of drug-likeness (QED) is 0.440. The van der Waals surface area contributed by atoms with Crippen LogP contribution in [0.2, 0.25) is 5.02 Å². The van der Waals surface area contributed by atoms with Crippen LogP contribution in [-0.2, 0) is 0 Å². The molecule has 30 heavy (non-hydrogen) atoms. The molecular formula is C23H18ClNO4S. The van der Waals surface area contributed by atoms with Gasteiger partial charge in [-0.25, -0.2) is 4.79 Å². The molecule has 0 radical (unpaired) electrons. The highest BCUT2D eigenvalue weighted by molar-refractivity contribution is 7.99. The molecule has 0 bridgehead atoms. The van der Waals surface area contributed by atoms with Gasteiger partial charge in [0.2, 0.25) is 0 Å². The molecule has 1 N–H and O–H groups in total. The van der Waals surface area contributed by atoms with Crippen molar-refractivity contribution >= 4 is 34.3 Å². The van der Waals surface area contributed by atoms with E-state index in [2.05, 4.69) is 0 Å². The number of fused-ring (bicyclic) bond motifs is 1. The number of hydrogen-bond donors (Lipinski definition) is 1. The van der Waals surface area contributed by atoms with Crippen molar-refractivity contribution in [3.63, 3.8) is 0 Å². The number of rotatable bonds is 4. The third kappa shape index (κ3) is 3.64. The van der Waals surface area contributed by atoms with Gasteiger partial charge in [0.05, 0.1) is 5.69 Å². The molecule has 0 spiro atoms. The van der Waals surface area contributed by atoms with Crippen molar-refractivity contribution < 1.29 is 9.52 Å². The lowest BCUT2D eigenvalue weighted by molar-refractivity contribution is 0.445. The molecule has 0 amide bonds. The Hall–Kier alpha value is -2.96. The fourth-order valence-electron chi connectivity index (χ4n) is 3.31. The molecule has 0 saturated heterocycles. The van der Waals surface area contributed by atoms with Gasteiger partial charge in [0.15, 0.2) is 5.75 Å². The molecule has 2 aromatic heterocycles. The Labute approximate surface area is 181 Å². The lowest BCUT2D eigenvalue weighted by Crippen LogP contribution is -2.24. The third-order valence-corrected chi connectivity index (χ3v) is 5.99. The van der Waals surface area contributed by atoms with Crippen LogP contribution in [0.1, 0.15) is 19.9 Å². The number of pyridine rings is 1. The number of benzene rings is 2. The Morgan fingerprint density at radius 1 is 1.03 bits per heavy atom. The minimum Gasteiger partial charge on any atom is -0.505 e. The van der Waals surface area contributed by atoms with Crippen molar-refractivity contribution in [3.05, 3.63) is 86.5 Å². The number of halogens is 1. The first-order valence-corrected chi connectivity index (χ1v) is 10.5. The topological polar surface area (TPSA) is 72.4 Å². The summed E-state index contributed by atoms with van der Waals surface area (Å²) in [7, 11) is 0. The van der Waals surface area contributed by atoms with Crippen LogP contribution in [0.5, 0.6) is 5.75 Å². The molecule has 7 heteroatoms. The van der Waals surface area contributed by atoms with Gasteiger partial charge in [-0.2, -0.15) is 0 Å². The summed E-state index contributed by atoms with van der Waals surface area (Å²) >= 11 is 6.93. The normalized spacial score (nSPS) is 11.3. The van der Waals surface area contributed by atoms with Gasteiger partial charge in [0.25, 0.3) is 5.56 Å². The van der Waals surface area contributed by atoms with Crippen LogP contribution in [0.3, 0.4) is 0 Å². The van der Waals surface area contributed by atoms with E-state index >= 15 is 0 Å².